The third-order valence-corrected chi connectivity index (χ3v) is 9.19. The van der Waals surface area contributed by atoms with E-state index in [0.717, 1.165) is 77.0 Å². The lowest BCUT2D eigenvalue weighted by Gasteiger charge is -2.43. The van der Waals surface area contributed by atoms with Gasteiger partial charge in [0.1, 0.15) is 48.1 Å². The van der Waals surface area contributed by atoms with E-state index in [0.29, 0.717) is 6.42 Å². The van der Waals surface area contributed by atoms with Crippen molar-refractivity contribution in [2.24, 2.45) is 5.92 Å². The molecule has 0 radical (unpaired) electrons. The van der Waals surface area contributed by atoms with Gasteiger partial charge in [-0.2, -0.15) is 0 Å². The predicted octanol–water partition coefficient (Wildman–Crippen LogP) is 0.910. The Morgan fingerprint density at radius 3 is 2.07 bits per heavy atom. The topological polar surface area (TPSA) is 222 Å². The van der Waals surface area contributed by atoms with Crippen molar-refractivity contribution >= 4 is 11.9 Å². The van der Waals surface area contributed by atoms with Crippen LogP contribution in [0.3, 0.4) is 0 Å². The van der Waals surface area contributed by atoms with E-state index in [1.165, 1.54) is 0 Å². The van der Waals surface area contributed by atoms with Crippen molar-refractivity contribution in [2.75, 3.05) is 19.8 Å². The average Bonchev–Trinajstić information content (AvgIpc) is 3.48. The molecular weight excluding hydrogens is 608 g/mol. The first kappa shape index (κ1) is 38.7. The Bertz CT molecular complexity index is 961. The molecule has 3 aliphatic heterocycles. The Hall–Kier alpha value is -1.72. The fourth-order valence-electron chi connectivity index (χ4n) is 6.23. The highest BCUT2D eigenvalue weighted by Gasteiger charge is 2.53. The summed E-state index contributed by atoms with van der Waals surface area (Å²) in [4.78, 5) is 23.0. The summed E-state index contributed by atoms with van der Waals surface area (Å²) >= 11 is 0. The minimum Gasteiger partial charge on any atom is -0.481 e. The van der Waals surface area contributed by atoms with Gasteiger partial charge in [0.25, 0.3) is 0 Å². The number of aliphatic hydroxyl groups excluding tert-OH is 5. The lowest BCUT2D eigenvalue weighted by atomic mass is 9.93. The molecule has 3 fully saturated rings. The normalized spacial score (nSPS) is 35.4. The van der Waals surface area contributed by atoms with Gasteiger partial charge in [-0.1, -0.05) is 70.8 Å². The molecule has 3 aliphatic rings. The van der Waals surface area contributed by atoms with E-state index in [1.807, 2.05) is 6.92 Å². The number of ether oxygens (including phenoxy) is 5. The standard InChI is InChI=1S/C32H54O14/c1-19(43-30-25(36)24(35)26(22(16-33)45-30)46-31-27(37)32(41,17-34)18-42-31)14-12-10-8-6-4-3-5-7-9-11-13-15-21-23(28(38)39)20(2)29(40)44-21/h19,21-27,30-31,33-37,41H,2-18H2,1H3,(H,38,39)/t19-,21-,22+,23+,24+,25+,26+,27-,30+,31?,32+/m0/s1. The summed E-state index contributed by atoms with van der Waals surface area (Å²) in [5.41, 5.74) is -1.89. The summed E-state index contributed by atoms with van der Waals surface area (Å²) < 4.78 is 27.5. The number of unbranched alkanes of at least 4 members (excludes halogenated alkanes) is 10. The van der Waals surface area contributed by atoms with Crippen molar-refractivity contribution in [2.45, 2.75) is 151 Å². The van der Waals surface area contributed by atoms with Crippen LogP contribution in [0.15, 0.2) is 12.2 Å². The van der Waals surface area contributed by atoms with Gasteiger partial charge in [0, 0.05) is 5.57 Å². The first-order valence-corrected chi connectivity index (χ1v) is 16.6. The van der Waals surface area contributed by atoms with Gasteiger partial charge in [0.2, 0.25) is 0 Å². The molecule has 0 saturated carbocycles. The van der Waals surface area contributed by atoms with Gasteiger partial charge in [-0.3, -0.25) is 4.79 Å². The Morgan fingerprint density at radius 1 is 0.935 bits per heavy atom. The van der Waals surface area contributed by atoms with Gasteiger partial charge in [-0.05, 0) is 26.2 Å². The lowest BCUT2D eigenvalue weighted by molar-refractivity contribution is -0.335. The number of aliphatic carboxylic acids is 1. The minimum absolute atomic E-state index is 0.0356. The third kappa shape index (κ3) is 10.4. The maximum absolute atomic E-state index is 11.6. The Balaban J connectivity index is 1.21. The highest BCUT2D eigenvalue weighted by atomic mass is 16.7. The molecule has 1 unspecified atom stereocenters. The zero-order chi connectivity index (χ0) is 33.9. The van der Waals surface area contributed by atoms with Crippen LogP contribution in [0.1, 0.15) is 90.4 Å². The van der Waals surface area contributed by atoms with E-state index >= 15 is 0 Å². The third-order valence-electron chi connectivity index (χ3n) is 9.19. The van der Waals surface area contributed by atoms with Gasteiger partial charge in [0.15, 0.2) is 12.6 Å². The molecule has 0 bridgehead atoms. The summed E-state index contributed by atoms with van der Waals surface area (Å²) in [6.07, 6.45) is 2.35. The largest absolute Gasteiger partial charge is 0.481 e. The van der Waals surface area contributed by atoms with Crippen LogP contribution in [0, 0.1) is 5.92 Å². The molecule has 3 heterocycles. The van der Waals surface area contributed by atoms with E-state index in [1.54, 1.807) is 0 Å². The number of rotatable bonds is 21. The molecule has 266 valence electrons. The van der Waals surface area contributed by atoms with Crippen LogP contribution >= 0.6 is 0 Å². The number of aliphatic hydroxyl groups is 6. The van der Waals surface area contributed by atoms with Crippen molar-refractivity contribution < 1.29 is 69.0 Å². The second kappa shape index (κ2) is 18.7. The zero-order valence-corrected chi connectivity index (χ0v) is 26.8. The van der Waals surface area contributed by atoms with Gasteiger partial charge in [-0.25, -0.2) is 4.79 Å². The number of carboxylic acids is 1. The Morgan fingerprint density at radius 2 is 1.52 bits per heavy atom. The fourth-order valence-corrected chi connectivity index (χ4v) is 6.23. The molecule has 0 amide bonds. The summed E-state index contributed by atoms with van der Waals surface area (Å²) in [7, 11) is 0. The van der Waals surface area contributed by atoms with E-state index in [4.69, 9.17) is 23.7 Å². The highest BCUT2D eigenvalue weighted by Crippen LogP contribution is 2.32. The van der Waals surface area contributed by atoms with E-state index in [-0.39, 0.29) is 11.7 Å². The average molecular weight is 663 g/mol. The first-order chi connectivity index (χ1) is 21.9. The van der Waals surface area contributed by atoms with Crippen LogP contribution in [0.4, 0.5) is 0 Å². The number of carbonyl (C=O) groups is 2. The van der Waals surface area contributed by atoms with E-state index < -0.39 is 92.5 Å². The highest BCUT2D eigenvalue weighted by molar-refractivity contribution is 5.97. The van der Waals surface area contributed by atoms with Gasteiger partial charge < -0.3 is 59.4 Å². The molecule has 0 aliphatic carbocycles. The van der Waals surface area contributed by atoms with Crippen LogP contribution in [-0.2, 0) is 33.3 Å². The van der Waals surface area contributed by atoms with Gasteiger partial charge in [-0.15, -0.1) is 0 Å². The first-order valence-electron chi connectivity index (χ1n) is 16.6. The number of hydrogen-bond acceptors (Lipinski definition) is 13. The van der Waals surface area contributed by atoms with E-state index in [9.17, 15) is 45.3 Å². The van der Waals surface area contributed by atoms with Crippen molar-refractivity contribution in [1.82, 2.24) is 0 Å². The number of carboxylic acid groups (broad SMARTS) is 1. The maximum Gasteiger partial charge on any atom is 0.334 e. The second-order valence-electron chi connectivity index (χ2n) is 12.9. The molecule has 0 aromatic rings. The van der Waals surface area contributed by atoms with E-state index in [2.05, 4.69) is 6.58 Å². The SMILES string of the molecule is C=C1C(=O)O[C@@H](CCCCCCCCCCCCC[C@H](C)O[C@@H]2O[C@H](CO)[C@@H](OC3OC[C@](O)(CO)[C@H]3O)[C@H](O)[C@H]2O)[C@@H]1C(=O)O. The van der Waals surface area contributed by atoms with Gasteiger partial charge in [0.05, 0.1) is 25.9 Å². The number of hydrogen-bond donors (Lipinski definition) is 7. The number of esters is 1. The summed E-state index contributed by atoms with van der Waals surface area (Å²) in [5, 5.41) is 70.1. The van der Waals surface area contributed by atoms with Crippen molar-refractivity contribution in [3.63, 3.8) is 0 Å². The molecule has 14 nitrogen and oxygen atoms in total. The molecule has 46 heavy (non-hydrogen) atoms. The Kier molecular flexibility index (Phi) is 15.8. The molecular formula is C32H54O14. The quantitative estimate of drug-likeness (QED) is 0.0516. The number of carbonyl (C=O) groups excluding carboxylic acids is 1. The molecule has 3 rings (SSSR count). The van der Waals surface area contributed by atoms with Crippen LogP contribution in [-0.4, -0.2) is 128 Å². The maximum atomic E-state index is 11.6. The van der Waals surface area contributed by atoms with Crippen molar-refractivity contribution in [3.8, 4) is 0 Å². The fraction of sp³-hybridized carbons (Fsp3) is 0.875. The smallest absolute Gasteiger partial charge is 0.334 e. The summed E-state index contributed by atoms with van der Waals surface area (Å²) in [5.74, 6) is -2.59. The lowest BCUT2D eigenvalue weighted by Crippen LogP contribution is -2.62. The molecule has 11 atom stereocenters. The number of cyclic esters (lactones) is 1. The second-order valence-corrected chi connectivity index (χ2v) is 12.9. The minimum atomic E-state index is -1.92. The molecule has 0 spiro atoms. The molecule has 3 saturated heterocycles. The molecule has 7 N–H and O–H groups in total. The summed E-state index contributed by atoms with van der Waals surface area (Å²) in [6.45, 7) is 3.67. The van der Waals surface area contributed by atoms with Gasteiger partial charge >= 0.3 is 11.9 Å². The van der Waals surface area contributed by atoms with Crippen molar-refractivity contribution in [1.29, 1.82) is 0 Å². The van der Waals surface area contributed by atoms with Crippen LogP contribution < -0.4 is 0 Å². The molecule has 0 aromatic carbocycles. The molecule has 14 heteroatoms. The Labute approximate surface area is 270 Å². The van der Waals surface area contributed by atoms with Crippen LogP contribution in [0.25, 0.3) is 0 Å². The predicted molar refractivity (Wildman–Crippen MR) is 161 cm³/mol. The van der Waals surface area contributed by atoms with Crippen LogP contribution in [0.2, 0.25) is 0 Å². The van der Waals surface area contributed by atoms with Crippen molar-refractivity contribution in [3.05, 3.63) is 12.2 Å². The van der Waals surface area contributed by atoms with Crippen LogP contribution in [0.5, 0.6) is 0 Å². The summed E-state index contributed by atoms with van der Waals surface area (Å²) in [6, 6.07) is 0. The zero-order valence-electron chi connectivity index (χ0n) is 26.8. The molecule has 0 aromatic heterocycles. The monoisotopic (exact) mass is 662 g/mol.